The van der Waals surface area contributed by atoms with Crippen molar-refractivity contribution in [1.29, 1.82) is 0 Å². The average molecular weight is 370 g/mol. The molecule has 2 aromatic carbocycles. The van der Waals surface area contributed by atoms with Crippen molar-refractivity contribution in [2.24, 2.45) is 0 Å². The van der Waals surface area contributed by atoms with Gasteiger partial charge in [0, 0.05) is 6.08 Å². The summed E-state index contributed by atoms with van der Waals surface area (Å²) < 4.78 is 30.5. The van der Waals surface area contributed by atoms with Crippen LogP contribution in [0.4, 0.5) is 0 Å². The second-order valence-electron chi connectivity index (χ2n) is 6.73. The van der Waals surface area contributed by atoms with Gasteiger partial charge in [-0.15, -0.1) is 0 Å². The fourth-order valence-electron chi connectivity index (χ4n) is 2.18. The largest absolute Gasteiger partial charge is 0.457 e. The van der Waals surface area contributed by atoms with Crippen LogP contribution in [0.3, 0.4) is 0 Å². The number of ether oxygens (including phenoxy) is 1. The lowest BCUT2D eigenvalue weighted by molar-refractivity contribution is -0.148. The Hall–Kier alpha value is -2.66. The summed E-state index contributed by atoms with van der Waals surface area (Å²) in [6, 6.07) is 15.0. The molecule has 0 heterocycles. The first-order valence-corrected chi connectivity index (χ1v) is 9.58. The first-order valence-electron chi connectivity index (χ1n) is 8.10. The normalized spacial score (nSPS) is 12.1. The highest BCUT2D eigenvalue weighted by Crippen LogP contribution is 2.26. The number of hydrogen-bond acceptors (Lipinski definition) is 4. The highest BCUT2D eigenvalue weighted by Gasteiger charge is 2.20. The summed E-state index contributed by atoms with van der Waals surface area (Å²) in [4.78, 5) is 11.9. The summed E-state index contributed by atoms with van der Waals surface area (Å²) in [5.74, 6) is -0.452. The van der Waals surface area contributed by atoms with Gasteiger partial charge in [0.1, 0.15) is 5.60 Å². The molecule has 0 aliphatic heterocycles. The molecule has 0 fully saturated rings. The fraction of sp³-hybridized carbons (Fsp3) is 0.190. The zero-order valence-corrected chi connectivity index (χ0v) is 15.9. The number of esters is 1. The van der Waals surface area contributed by atoms with Crippen molar-refractivity contribution < 1.29 is 17.9 Å². The van der Waals surface area contributed by atoms with E-state index >= 15 is 0 Å². The van der Waals surface area contributed by atoms with Gasteiger partial charge < -0.3 is 4.74 Å². The highest BCUT2D eigenvalue weighted by atomic mass is 32.2. The summed E-state index contributed by atoms with van der Waals surface area (Å²) in [5, 5.41) is 0. The molecule has 0 bridgehead atoms. The number of carbonyl (C=O) groups excluding carboxylic acids is 1. The minimum absolute atomic E-state index is 0.0511. The number of hydrogen-bond donors (Lipinski definition) is 0. The lowest BCUT2D eigenvalue weighted by atomic mass is 10.2. The van der Waals surface area contributed by atoms with Crippen LogP contribution in [0.25, 0.3) is 11.0 Å². The van der Waals surface area contributed by atoms with Gasteiger partial charge in [0.25, 0.3) is 0 Å². The van der Waals surface area contributed by atoms with E-state index in [1.165, 1.54) is 18.2 Å². The first-order chi connectivity index (χ1) is 12.1. The molecule has 0 aromatic heterocycles. The molecular formula is C21H22O4S. The molecule has 0 spiro atoms. The standard InChI is InChI=1S/C21H22O4S/c1-16(18-8-6-5-7-9-18)26(23,24)19-13-10-17(11-14-19)12-15-20(22)25-21(2,3)4/h5-15H,1H2,2-4H3. The first kappa shape index (κ1) is 19.7. The van der Waals surface area contributed by atoms with E-state index < -0.39 is 21.4 Å². The molecule has 5 heteroatoms. The predicted octanol–water partition coefficient (Wildman–Crippen LogP) is 4.49. The Balaban J connectivity index is 2.16. The van der Waals surface area contributed by atoms with Gasteiger partial charge >= 0.3 is 5.97 Å². The van der Waals surface area contributed by atoms with E-state index in [4.69, 9.17) is 4.74 Å². The third kappa shape index (κ3) is 5.17. The average Bonchev–Trinajstić information content (AvgIpc) is 2.59. The second kappa shape index (κ2) is 7.70. The lowest BCUT2D eigenvalue weighted by Crippen LogP contribution is -2.22. The number of benzene rings is 2. The fourth-order valence-corrected chi connectivity index (χ4v) is 3.40. The molecule has 2 aromatic rings. The Morgan fingerprint density at radius 2 is 1.58 bits per heavy atom. The van der Waals surface area contributed by atoms with Crippen LogP contribution < -0.4 is 0 Å². The summed E-state index contributed by atoms with van der Waals surface area (Å²) in [5.41, 5.74) is 0.693. The number of sulfone groups is 1. The van der Waals surface area contributed by atoms with E-state index in [1.807, 2.05) is 6.07 Å². The Labute approximate surface area is 154 Å². The van der Waals surface area contributed by atoms with Crippen LogP contribution in [-0.2, 0) is 19.4 Å². The maximum Gasteiger partial charge on any atom is 0.331 e. The molecule has 136 valence electrons. The molecule has 0 N–H and O–H groups in total. The van der Waals surface area contributed by atoms with Crippen molar-refractivity contribution in [2.75, 3.05) is 0 Å². The molecule has 0 unspecified atom stereocenters. The molecule has 0 atom stereocenters. The van der Waals surface area contributed by atoms with Crippen LogP contribution >= 0.6 is 0 Å². The van der Waals surface area contributed by atoms with Gasteiger partial charge in [0.15, 0.2) is 0 Å². The second-order valence-corrected chi connectivity index (χ2v) is 8.70. The quantitative estimate of drug-likeness (QED) is 0.575. The molecule has 4 nitrogen and oxygen atoms in total. The monoisotopic (exact) mass is 370 g/mol. The third-order valence-corrected chi connectivity index (χ3v) is 5.21. The van der Waals surface area contributed by atoms with E-state index in [0.717, 1.165) is 0 Å². The zero-order chi connectivity index (χ0) is 19.4. The van der Waals surface area contributed by atoms with Crippen LogP contribution in [0.1, 0.15) is 31.9 Å². The Kier molecular flexibility index (Phi) is 5.83. The SMILES string of the molecule is C=C(c1ccccc1)S(=O)(=O)c1ccc(C=CC(=O)OC(C)(C)C)cc1. The van der Waals surface area contributed by atoms with E-state index in [-0.39, 0.29) is 9.80 Å². The van der Waals surface area contributed by atoms with Crippen LogP contribution in [0.2, 0.25) is 0 Å². The topological polar surface area (TPSA) is 60.4 Å². The summed E-state index contributed by atoms with van der Waals surface area (Å²) in [6.07, 6.45) is 2.90. The molecule has 0 amide bonds. The van der Waals surface area contributed by atoms with Crippen molar-refractivity contribution in [3.8, 4) is 0 Å². The van der Waals surface area contributed by atoms with Gasteiger partial charge in [-0.2, -0.15) is 0 Å². The van der Waals surface area contributed by atoms with Crippen LogP contribution in [0.5, 0.6) is 0 Å². The van der Waals surface area contributed by atoms with E-state index in [0.29, 0.717) is 11.1 Å². The molecule has 0 radical (unpaired) electrons. The van der Waals surface area contributed by atoms with E-state index in [2.05, 4.69) is 6.58 Å². The van der Waals surface area contributed by atoms with Crippen molar-refractivity contribution in [2.45, 2.75) is 31.3 Å². The maximum absolute atomic E-state index is 12.7. The number of rotatable bonds is 5. The molecule has 26 heavy (non-hydrogen) atoms. The van der Waals surface area contributed by atoms with Crippen LogP contribution in [0.15, 0.2) is 72.1 Å². The lowest BCUT2D eigenvalue weighted by Gasteiger charge is -2.17. The van der Waals surface area contributed by atoms with Gasteiger partial charge in [-0.1, -0.05) is 49.0 Å². The molecule has 0 saturated carbocycles. The van der Waals surface area contributed by atoms with Gasteiger partial charge in [-0.05, 0) is 50.1 Å². The summed E-state index contributed by atoms with van der Waals surface area (Å²) in [6.45, 7) is 9.09. The molecule has 0 saturated heterocycles. The molecule has 0 aliphatic carbocycles. The Bertz CT molecular complexity index is 916. The van der Waals surface area contributed by atoms with Crippen molar-refractivity contribution in [1.82, 2.24) is 0 Å². The van der Waals surface area contributed by atoms with Gasteiger partial charge in [0.05, 0.1) is 9.80 Å². The van der Waals surface area contributed by atoms with Crippen molar-refractivity contribution >= 4 is 26.8 Å². The van der Waals surface area contributed by atoms with Gasteiger partial charge in [-0.3, -0.25) is 0 Å². The Morgan fingerprint density at radius 1 is 1.00 bits per heavy atom. The zero-order valence-electron chi connectivity index (χ0n) is 15.1. The van der Waals surface area contributed by atoms with Crippen LogP contribution in [0, 0.1) is 0 Å². The third-order valence-electron chi connectivity index (χ3n) is 3.43. The summed E-state index contributed by atoms with van der Waals surface area (Å²) >= 11 is 0. The Morgan fingerprint density at radius 3 is 2.12 bits per heavy atom. The summed E-state index contributed by atoms with van der Waals surface area (Å²) in [7, 11) is -3.67. The molecule has 0 aliphatic rings. The van der Waals surface area contributed by atoms with Gasteiger partial charge in [0.2, 0.25) is 9.84 Å². The minimum atomic E-state index is -3.67. The van der Waals surface area contributed by atoms with E-state index in [1.54, 1.807) is 63.2 Å². The minimum Gasteiger partial charge on any atom is -0.457 e. The molecular weight excluding hydrogens is 348 g/mol. The smallest absolute Gasteiger partial charge is 0.331 e. The maximum atomic E-state index is 12.7. The van der Waals surface area contributed by atoms with Crippen molar-refractivity contribution in [3.63, 3.8) is 0 Å². The van der Waals surface area contributed by atoms with Crippen LogP contribution in [-0.4, -0.2) is 20.0 Å². The molecule has 2 rings (SSSR count). The van der Waals surface area contributed by atoms with Crippen molar-refractivity contribution in [3.05, 3.63) is 78.4 Å². The predicted molar refractivity (Wildman–Crippen MR) is 104 cm³/mol. The number of carbonyl (C=O) groups is 1. The van der Waals surface area contributed by atoms with E-state index in [9.17, 15) is 13.2 Å². The highest BCUT2D eigenvalue weighted by molar-refractivity contribution is 8.00. The van der Waals surface area contributed by atoms with Gasteiger partial charge in [-0.25, -0.2) is 13.2 Å².